The number of hydrogen-bond donors (Lipinski definition) is 0. The standard InChI is InChI=1S/C22H24N6O2/c1-4-30-26-16(2)18-8-9-21-20(11-18)24-15-28(21)19-7-5-6-17(10-19)12-29-13-22-23-14-25-27(22)3/h5-11,14-15H,4,12-13H2,1-3H3/b26-16+. The Morgan fingerprint density at radius 2 is 2.00 bits per heavy atom. The third-order valence-electron chi connectivity index (χ3n) is 4.79. The lowest BCUT2D eigenvalue weighted by atomic mass is 10.1. The first-order valence-electron chi connectivity index (χ1n) is 9.79. The molecular formula is C22H24N6O2. The van der Waals surface area contributed by atoms with Gasteiger partial charge in [0.1, 0.15) is 25.9 Å². The van der Waals surface area contributed by atoms with Gasteiger partial charge in [0.15, 0.2) is 5.82 Å². The lowest BCUT2D eigenvalue weighted by molar-refractivity contribution is 0.0993. The van der Waals surface area contributed by atoms with Crippen molar-refractivity contribution in [3.05, 3.63) is 72.1 Å². The fraction of sp³-hybridized carbons (Fsp3) is 0.273. The van der Waals surface area contributed by atoms with Gasteiger partial charge in [0.2, 0.25) is 0 Å². The monoisotopic (exact) mass is 404 g/mol. The Kier molecular flexibility index (Phi) is 5.85. The molecule has 0 unspecified atom stereocenters. The summed E-state index contributed by atoms with van der Waals surface area (Å²) in [6.45, 7) is 5.30. The third kappa shape index (κ3) is 4.23. The summed E-state index contributed by atoms with van der Waals surface area (Å²) in [7, 11) is 1.85. The third-order valence-corrected chi connectivity index (χ3v) is 4.79. The first kappa shape index (κ1) is 19.8. The molecule has 0 saturated heterocycles. The van der Waals surface area contributed by atoms with Crippen molar-refractivity contribution in [1.29, 1.82) is 0 Å². The van der Waals surface area contributed by atoms with Gasteiger partial charge >= 0.3 is 0 Å². The zero-order valence-corrected chi connectivity index (χ0v) is 17.3. The van der Waals surface area contributed by atoms with Crippen LogP contribution in [-0.2, 0) is 29.8 Å². The Morgan fingerprint density at radius 3 is 2.80 bits per heavy atom. The molecule has 154 valence electrons. The molecule has 0 bridgehead atoms. The van der Waals surface area contributed by atoms with E-state index in [1.807, 2.05) is 51.5 Å². The van der Waals surface area contributed by atoms with Crippen LogP contribution in [0.4, 0.5) is 0 Å². The second kappa shape index (κ2) is 8.87. The van der Waals surface area contributed by atoms with Crippen LogP contribution in [0.5, 0.6) is 0 Å². The highest BCUT2D eigenvalue weighted by atomic mass is 16.6. The van der Waals surface area contributed by atoms with Crippen LogP contribution in [0.1, 0.15) is 30.8 Å². The number of imidazole rings is 1. The van der Waals surface area contributed by atoms with Crippen molar-refractivity contribution < 1.29 is 9.57 Å². The van der Waals surface area contributed by atoms with E-state index < -0.39 is 0 Å². The van der Waals surface area contributed by atoms with Crippen LogP contribution < -0.4 is 0 Å². The van der Waals surface area contributed by atoms with E-state index in [1.54, 1.807) is 4.68 Å². The number of oxime groups is 1. The van der Waals surface area contributed by atoms with Gasteiger partial charge in [-0.3, -0.25) is 9.25 Å². The summed E-state index contributed by atoms with van der Waals surface area (Å²) in [5.41, 5.74) is 5.86. The van der Waals surface area contributed by atoms with Crippen molar-refractivity contribution in [3.8, 4) is 5.69 Å². The van der Waals surface area contributed by atoms with Crippen molar-refractivity contribution in [2.24, 2.45) is 12.2 Å². The van der Waals surface area contributed by atoms with Crippen molar-refractivity contribution in [2.45, 2.75) is 27.1 Å². The summed E-state index contributed by atoms with van der Waals surface area (Å²) in [6.07, 6.45) is 3.36. The van der Waals surface area contributed by atoms with Gasteiger partial charge in [0.25, 0.3) is 0 Å². The number of aryl methyl sites for hydroxylation is 1. The van der Waals surface area contributed by atoms with Crippen LogP contribution in [-0.4, -0.2) is 36.6 Å². The minimum Gasteiger partial charge on any atom is -0.396 e. The van der Waals surface area contributed by atoms with Gasteiger partial charge in [-0.1, -0.05) is 23.4 Å². The summed E-state index contributed by atoms with van der Waals surface area (Å²) >= 11 is 0. The highest BCUT2D eigenvalue weighted by Gasteiger charge is 2.08. The lowest BCUT2D eigenvalue weighted by Gasteiger charge is -2.09. The maximum absolute atomic E-state index is 5.81. The molecule has 0 fully saturated rings. The van der Waals surface area contributed by atoms with E-state index in [4.69, 9.17) is 9.57 Å². The topological polar surface area (TPSA) is 79.3 Å². The molecule has 4 rings (SSSR count). The highest BCUT2D eigenvalue weighted by molar-refractivity contribution is 6.00. The molecule has 2 heterocycles. The maximum atomic E-state index is 5.81. The smallest absolute Gasteiger partial charge is 0.152 e. The average Bonchev–Trinajstić information content (AvgIpc) is 3.38. The SMILES string of the molecule is CCO/N=C(\C)c1ccc2c(c1)ncn2-c1cccc(COCc2ncnn2C)c1. The fourth-order valence-electron chi connectivity index (χ4n) is 3.16. The van der Waals surface area contributed by atoms with Crippen LogP contribution in [0.3, 0.4) is 0 Å². The number of hydrogen-bond acceptors (Lipinski definition) is 6. The molecular weight excluding hydrogens is 380 g/mol. The predicted octanol–water partition coefficient (Wildman–Crippen LogP) is 3.63. The van der Waals surface area contributed by atoms with Gasteiger partial charge in [-0.05, 0) is 43.7 Å². The molecule has 2 aromatic carbocycles. The summed E-state index contributed by atoms with van der Waals surface area (Å²) in [5, 5.41) is 8.16. The fourth-order valence-corrected chi connectivity index (χ4v) is 3.16. The quantitative estimate of drug-likeness (QED) is 0.331. The summed E-state index contributed by atoms with van der Waals surface area (Å²) < 4.78 is 9.59. The van der Waals surface area contributed by atoms with E-state index in [2.05, 4.69) is 43.0 Å². The number of rotatable bonds is 8. The molecule has 4 aromatic rings. The first-order chi connectivity index (χ1) is 14.7. The largest absolute Gasteiger partial charge is 0.396 e. The average molecular weight is 404 g/mol. The Hall–Kier alpha value is -3.52. The zero-order chi connectivity index (χ0) is 20.9. The zero-order valence-electron chi connectivity index (χ0n) is 17.3. The molecule has 0 aliphatic heterocycles. The second-order valence-corrected chi connectivity index (χ2v) is 6.88. The Balaban J connectivity index is 1.52. The summed E-state index contributed by atoms with van der Waals surface area (Å²) in [5.74, 6) is 0.797. The normalized spacial score (nSPS) is 11.9. The molecule has 0 N–H and O–H groups in total. The van der Waals surface area contributed by atoms with Gasteiger partial charge in [-0.15, -0.1) is 0 Å². The van der Waals surface area contributed by atoms with Gasteiger partial charge in [0, 0.05) is 18.3 Å². The van der Waals surface area contributed by atoms with Crippen LogP contribution in [0.15, 0.2) is 60.3 Å². The van der Waals surface area contributed by atoms with E-state index in [-0.39, 0.29) is 0 Å². The highest BCUT2D eigenvalue weighted by Crippen LogP contribution is 2.21. The molecule has 0 saturated carbocycles. The van der Waals surface area contributed by atoms with Crippen LogP contribution in [0.2, 0.25) is 0 Å². The van der Waals surface area contributed by atoms with Crippen molar-refractivity contribution in [1.82, 2.24) is 24.3 Å². The van der Waals surface area contributed by atoms with Crippen molar-refractivity contribution >= 4 is 16.7 Å². The van der Waals surface area contributed by atoms with Gasteiger partial charge in [-0.25, -0.2) is 9.97 Å². The van der Waals surface area contributed by atoms with Gasteiger partial charge in [-0.2, -0.15) is 5.10 Å². The molecule has 0 radical (unpaired) electrons. The van der Waals surface area contributed by atoms with Gasteiger partial charge in [0.05, 0.1) is 23.4 Å². The van der Waals surface area contributed by atoms with E-state index in [1.165, 1.54) is 6.33 Å². The van der Waals surface area contributed by atoms with Crippen LogP contribution in [0, 0.1) is 0 Å². The number of aromatic nitrogens is 5. The molecule has 0 aliphatic rings. The molecule has 0 spiro atoms. The first-order valence-corrected chi connectivity index (χ1v) is 9.79. The Bertz CT molecular complexity index is 1180. The Morgan fingerprint density at radius 1 is 1.10 bits per heavy atom. The van der Waals surface area contributed by atoms with E-state index in [0.29, 0.717) is 19.8 Å². The number of nitrogens with zero attached hydrogens (tertiary/aromatic N) is 6. The number of ether oxygens (including phenoxy) is 1. The molecule has 0 atom stereocenters. The summed E-state index contributed by atoms with van der Waals surface area (Å²) in [6, 6.07) is 14.3. The molecule has 30 heavy (non-hydrogen) atoms. The van der Waals surface area contributed by atoms with Crippen molar-refractivity contribution in [2.75, 3.05) is 6.61 Å². The van der Waals surface area contributed by atoms with Gasteiger partial charge < -0.3 is 9.57 Å². The predicted molar refractivity (Wildman–Crippen MR) is 114 cm³/mol. The van der Waals surface area contributed by atoms with E-state index in [9.17, 15) is 0 Å². The molecule has 0 aliphatic carbocycles. The van der Waals surface area contributed by atoms with Crippen LogP contribution >= 0.6 is 0 Å². The second-order valence-electron chi connectivity index (χ2n) is 6.88. The van der Waals surface area contributed by atoms with E-state index in [0.717, 1.165) is 39.4 Å². The number of fused-ring (bicyclic) bond motifs is 1. The van der Waals surface area contributed by atoms with Crippen molar-refractivity contribution in [3.63, 3.8) is 0 Å². The summed E-state index contributed by atoms with van der Waals surface area (Å²) in [4.78, 5) is 13.9. The minimum atomic E-state index is 0.417. The van der Waals surface area contributed by atoms with Crippen LogP contribution in [0.25, 0.3) is 16.7 Å². The lowest BCUT2D eigenvalue weighted by Crippen LogP contribution is -2.03. The maximum Gasteiger partial charge on any atom is 0.152 e. The minimum absolute atomic E-state index is 0.417. The Labute approximate surface area is 174 Å². The molecule has 8 nitrogen and oxygen atoms in total. The number of benzene rings is 2. The molecule has 2 aromatic heterocycles. The molecule has 0 amide bonds. The van der Waals surface area contributed by atoms with E-state index >= 15 is 0 Å². The molecule has 8 heteroatoms.